The molecule has 0 aliphatic rings. The molecular weight excluding hydrogens is 357 g/mol. The molecule has 5 nitrogen and oxygen atoms in total. The van der Waals surface area contributed by atoms with Crippen LogP contribution in [0.25, 0.3) is 0 Å². The molecule has 0 saturated carbocycles. The Kier molecular flexibility index (Phi) is 5.05. The van der Waals surface area contributed by atoms with Gasteiger partial charge in [-0.15, -0.1) is 11.3 Å². The molecule has 0 aromatic carbocycles. The van der Waals surface area contributed by atoms with E-state index >= 15 is 0 Å². The number of aromatic nitrogens is 1. The van der Waals surface area contributed by atoms with E-state index in [9.17, 15) is 9.90 Å². The second-order valence-electron chi connectivity index (χ2n) is 3.83. The second-order valence-corrected chi connectivity index (χ2v) is 5.89. The molecule has 0 radical (unpaired) electrons. The van der Waals surface area contributed by atoms with E-state index < -0.39 is 11.7 Å². The van der Waals surface area contributed by atoms with Crippen molar-refractivity contribution in [3.63, 3.8) is 0 Å². The minimum absolute atomic E-state index is 0.0191. The Hall–Kier alpha value is -1.34. The summed E-state index contributed by atoms with van der Waals surface area (Å²) in [6.45, 7) is 1.78. The summed E-state index contributed by atoms with van der Waals surface area (Å²) in [6.07, 6.45) is 0. The Morgan fingerprint density at radius 1 is 1.38 bits per heavy atom. The molecule has 2 heterocycles. The van der Waals surface area contributed by atoms with Gasteiger partial charge < -0.3 is 9.90 Å². The Morgan fingerprint density at radius 3 is 2.67 bits per heavy atom. The highest BCUT2D eigenvalue weighted by Gasteiger charge is 2.17. The molecule has 0 atom stereocenters. The summed E-state index contributed by atoms with van der Waals surface area (Å²) >= 11 is 19.2. The normalized spacial score (nSPS) is 11.5. The highest BCUT2D eigenvalue weighted by atomic mass is 35.5. The third kappa shape index (κ3) is 3.47. The van der Waals surface area contributed by atoms with Gasteiger partial charge in [0.15, 0.2) is 5.15 Å². The van der Waals surface area contributed by atoms with Gasteiger partial charge in [0.05, 0.1) is 22.4 Å². The molecule has 21 heavy (non-hydrogen) atoms. The maximum absolute atomic E-state index is 10.9. The Balaban J connectivity index is 2.40. The molecule has 110 valence electrons. The number of nitrogens with one attached hydrogen (secondary N) is 1. The molecule has 9 heteroatoms. The summed E-state index contributed by atoms with van der Waals surface area (Å²) in [6, 6.07) is 3.77. The maximum Gasteiger partial charge on any atom is 0.150 e. The van der Waals surface area contributed by atoms with Crippen LogP contribution in [-0.2, 0) is 0 Å². The van der Waals surface area contributed by atoms with Crippen LogP contribution in [0.1, 0.15) is 22.3 Å². The van der Waals surface area contributed by atoms with Crippen LogP contribution in [-0.4, -0.2) is 16.7 Å². The molecule has 2 rings (SSSR count). The number of rotatable bonds is 4. The van der Waals surface area contributed by atoms with E-state index in [1.165, 1.54) is 11.3 Å². The molecule has 0 bridgehead atoms. The molecule has 2 aromatic rings. The fraction of sp³-hybridized carbons (Fsp3) is 0.0833. The first-order valence-corrected chi connectivity index (χ1v) is 7.53. The largest absolute Gasteiger partial charge is 0.543 e. The SMILES string of the molecule is C/C(=N/Nc1c(Cl)c(Cl)nc(C(=O)[O-])c1Cl)c1cccs1. The monoisotopic (exact) mass is 362 g/mol. The zero-order valence-corrected chi connectivity index (χ0v) is 13.6. The highest BCUT2D eigenvalue weighted by molar-refractivity contribution is 7.12. The number of aromatic carboxylic acids is 1. The first kappa shape index (κ1) is 16.0. The lowest BCUT2D eigenvalue weighted by atomic mass is 10.3. The van der Waals surface area contributed by atoms with E-state index in [0.29, 0.717) is 5.71 Å². The number of thiophene rings is 1. The highest BCUT2D eigenvalue weighted by Crippen LogP contribution is 2.36. The molecule has 0 unspecified atom stereocenters. The zero-order valence-electron chi connectivity index (χ0n) is 10.5. The predicted octanol–water partition coefficient (Wildman–Crippen LogP) is 3.30. The molecule has 0 aliphatic carbocycles. The summed E-state index contributed by atoms with van der Waals surface area (Å²) in [4.78, 5) is 15.4. The molecule has 0 fully saturated rings. The van der Waals surface area contributed by atoms with Crippen molar-refractivity contribution in [2.75, 3.05) is 5.43 Å². The van der Waals surface area contributed by atoms with Crippen molar-refractivity contribution < 1.29 is 9.90 Å². The van der Waals surface area contributed by atoms with Gasteiger partial charge in [-0.25, -0.2) is 4.98 Å². The van der Waals surface area contributed by atoms with Crippen molar-refractivity contribution in [2.24, 2.45) is 5.10 Å². The number of carbonyl (C=O) groups is 1. The minimum Gasteiger partial charge on any atom is -0.543 e. The van der Waals surface area contributed by atoms with Gasteiger partial charge in [-0.3, -0.25) is 5.43 Å². The lowest BCUT2D eigenvalue weighted by Gasteiger charge is -2.12. The quantitative estimate of drug-likeness (QED) is 0.513. The van der Waals surface area contributed by atoms with Crippen molar-refractivity contribution in [3.05, 3.63) is 43.3 Å². The Bertz CT molecular complexity index is 717. The van der Waals surface area contributed by atoms with Crippen molar-refractivity contribution in [1.82, 2.24) is 4.98 Å². The van der Waals surface area contributed by atoms with Gasteiger partial charge >= 0.3 is 0 Å². The molecule has 1 N–H and O–H groups in total. The van der Waals surface area contributed by atoms with Crippen LogP contribution >= 0.6 is 46.1 Å². The summed E-state index contributed by atoms with van der Waals surface area (Å²) in [5.74, 6) is -1.56. The number of carbonyl (C=O) groups excluding carboxylic acids is 1. The third-order valence-electron chi connectivity index (χ3n) is 2.44. The summed E-state index contributed by atoms with van der Waals surface area (Å²) in [5, 5.41) is 16.5. The lowest BCUT2D eigenvalue weighted by molar-refractivity contribution is -0.255. The zero-order chi connectivity index (χ0) is 15.6. The van der Waals surface area contributed by atoms with Gasteiger partial charge in [-0.2, -0.15) is 5.10 Å². The van der Waals surface area contributed by atoms with Crippen LogP contribution in [0.4, 0.5) is 5.69 Å². The van der Waals surface area contributed by atoms with Crippen LogP contribution in [0.2, 0.25) is 15.2 Å². The Morgan fingerprint density at radius 2 is 2.10 bits per heavy atom. The summed E-state index contributed by atoms with van der Waals surface area (Å²) in [5.41, 5.74) is 2.86. The smallest absolute Gasteiger partial charge is 0.150 e. The molecular formula is C12H7Cl3N3O2S-. The van der Waals surface area contributed by atoms with Gasteiger partial charge in [-0.1, -0.05) is 40.9 Å². The summed E-state index contributed by atoms with van der Waals surface area (Å²) < 4.78 is 0. The van der Waals surface area contributed by atoms with E-state index in [1.54, 1.807) is 6.92 Å². The van der Waals surface area contributed by atoms with Gasteiger partial charge in [-0.05, 0) is 18.4 Å². The number of hydrogen-bond acceptors (Lipinski definition) is 6. The van der Waals surface area contributed by atoms with E-state index in [4.69, 9.17) is 34.8 Å². The standard InChI is InChI=1S/C12H8Cl3N3O2S/c1-5(6-3-2-4-21-6)17-18-9-7(13)10(12(19)20)16-11(15)8(9)14/h2-4H,1H3,(H,16,18)(H,19,20)/p-1/b17-5-. The lowest BCUT2D eigenvalue weighted by Crippen LogP contribution is -2.24. The number of pyridine rings is 1. The van der Waals surface area contributed by atoms with Crippen LogP contribution in [0.5, 0.6) is 0 Å². The van der Waals surface area contributed by atoms with E-state index in [-0.39, 0.29) is 20.9 Å². The number of hydrogen-bond donors (Lipinski definition) is 1. The van der Waals surface area contributed by atoms with Gasteiger partial charge in [0, 0.05) is 4.88 Å². The number of halogens is 3. The average molecular weight is 364 g/mol. The van der Waals surface area contributed by atoms with Crippen molar-refractivity contribution in [3.8, 4) is 0 Å². The molecule has 0 saturated heterocycles. The number of carboxylic acids is 1. The Labute approximate surface area is 139 Å². The average Bonchev–Trinajstić information content (AvgIpc) is 2.96. The number of nitrogens with zero attached hydrogens (tertiary/aromatic N) is 2. The number of carboxylic acid groups (broad SMARTS) is 1. The van der Waals surface area contributed by atoms with E-state index in [1.807, 2.05) is 17.5 Å². The van der Waals surface area contributed by atoms with Crippen molar-refractivity contribution in [2.45, 2.75) is 6.92 Å². The molecule has 0 spiro atoms. The fourth-order valence-corrected chi connectivity index (χ4v) is 2.77. The summed E-state index contributed by atoms with van der Waals surface area (Å²) in [7, 11) is 0. The van der Waals surface area contributed by atoms with Crippen LogP contribution in [0, 0.1) is 0 Å². The molecule has 0 aliphatic heterocycles. The van der Waals surface area contributed by atoms with Gasteiger partial charge in [0.1, 0.15) is 10.7 Å². The van der Waals surface area contributed by atoms with Gasteiger partial charge in [0.25, 0.3) is 0 Å². The van der Waals surface area contributed by atoms with Crippen LogP contribution in [0.15, 0.2) is 22.6 Å². The van der Waals surface area contributed by atoms with E-state index in [2.05, 4.69) is 15.5 Å². The topological polar surface area (TPSA) is 77.4 Å². The maximum atomic E-state index is 10.9. The minimum atomic E-state index is -1.56. The van der Waals surface area contributed by atoms with Crippen molar-refractivity contribution in [1.29, 1.82) is 0 Å². The predicted molar refractivity (Wildman–Crippen MR) is 83.8 cm³/mol. The number of anilines is 1. The first-order chi connectivity index (χ1) is 9.91. The third-order valence-corrected chi connectivity index (χ3v) is 4.53. The molecule has 0 amide bonds. The first-order valence-electron chi connectivity index (χ1n) is 5.51. The second kappa shape index (κ2) is 6.62. The number of hydrazone groups is 1. The van der Waals surface area contributed by atoms with E-state index in [0.717, 1.165) is 4.88 Å². The molecule has 2 aromatic heterocycles. The van der Waals surface area contributed by atoms with Crippen molar-refractivity contribution >= 4 is 63.5 Å². The fourth-order valence-electron chi connectivity index (χ4n) is 1.43. The van der Waals surface area contributed by atoms with Crippen LogP contribution in [0.3, 0.4) is 0 Å². The van der Waals surface area contributed by atoms with Gasteiger partial charge in [0.2, 0.25) is 0 Å². The van der Waals surface area contributed by atoms with Crippen LogP contribution < -0.4 is 10.5 Å².